The van der Waals surface area contributed by atoms with Gasteiger partial charge in [0, 0.05) is 25.0 Å². The Morgan fingerprint density at radius 1 is 1.26 bits per heavy atom. The summed E-state index contributed by atoms with van der Waals surface area (Å²) >= 11 is 0. The SMILES string of the molecule is Cn1ccnc1C(NN)C(C)(C)N1CCCCCC1. The van der Waals surface area contributed by atoms with Crippen LogP contribution in [0.1, 0.15) is 51.4 Å². The fraction of sp³-hybridized carbons (Fsp3) is 0.786. The third kappa shape index (κ3) is 2.99. The van der Waals surface area contributed by atoms with Crippen LogP contribution in [-0.4, -0.2) is 33.1 Å². The summed E-state index contributed by atoms with van der Waals surface area (Å²) in [6.07, 6.45) is 9.05. The monoisotopic (exact) mass is 265 g/mol. The zero-order valence-electron chi connectivity index (χ0n) is 12.4. The van der Waals surface area contributed by atoms with Gasteiger partial charge >= 0.3 is 0 Å². The Hall–Kier alpha value is -0.910. The van der Waals surface area contributed by atoms with Crippen LogP contribution in [0.3, 0.4) is 0 Å². The molecule has 1 aromatic rings. The fourth-order valence-corrected chi connectivity index (χ4v) is 3.08. The Morgan fingerprint density at radius 3 is 2.37 bits per heavy atom. The number of nitrogens with two attached hydrogens (primary N) is 1. The number of aromatic nitrogens is 2. The average Bonchev–Trinajstić information content (AvgIpc) is 2.66. The molecule has 1 saturated heterocycles. The second-order valence-electron chi connectivity index (χ2n) is 6.05. The number of rotatable bonds is 4. The van der Waals surface area contributed by atoms with Gasteiger partial charge in [-0.25, -0.2) is 10.4 Å². The summed E-state index contributed by atoms with van der Waals surface area (Å²) in [5, 5.41) is 0. The summed E-state index contributed by atoms with van der Waals surface area (Å²) in [6.45, 7) is 6.82. The lowest BCUT2D eigenvalue weighted by Crippen LogP contribution is -2.55. The first-order valence-corrected chi connectivity index (χ1v) is 7.25. The largest absolute Gasteiger partial charge is 0.337 e. The fourth-order valence-electron chi connectivity index (χ4n) is 3.08. The van der Waals surface area contributed by atoms with Crippen molar-refractivity contribution in [2.24, 2.45) is 12.9 Å². The third-order valence-electron chi connectivity index (χ3n) is 4.41. The van der Waals surface area contributed by atoms with Crippen molar-refractivity contribution in [2.75, 3.05) is 13.1 Å². The first-order chi connectivity index (χ1) is 9.07. The summed E-state index contributed by atoms with van der Waals surface area (Å²) in [4.78, 5) is 7.02. The van der Waals surface area contributed by atoms with Gasteiger partial charge in [0.2, 0.25) is 0 Å². The summed E-state index contributed by atoms with van der Waals surface area (Å²) in [7, 11) is 2.02. The lowest BCUT2D eigenvalue weighted by atomic mass is 9.91. The molecule has 19 heavy (non-hydrogen) atoms. The highest BCUT2D eigenvalue weighted by Crippen LogP contribution is 2.31. The topological polar surface area (TPSA) is 59.1 Å². The minimum absolute atomic E-state index is 0.0330. The van der Waals surface area contributed by atoms with E-state index in [1.165, 1.54) is 25.7 Å². The number of likely N-dealkylation sites (tertiary alicyclic amines) is 1. The lowest BCUT2D eigenvalue weighted by Gasteiger charge is -2.43. The molecule has 0 radical (unpaired) electrons. The molecule has 2 rings (SSSR count). The maximum Gasteiger partial charge on any atom is 0.128 e. The zero-order chi connectivity index (χ0) is 13.9. The predicted octanol–water partition coefficient (Wildman–Crippen LogP) is 1.58. The van der Waals surface area contributed by atoms with E-state index in [1.54, 1.807) is 0 Å². The number of aryl methyl sites for hydroxylation is 1. The van der Waals surface area contributed by atoms with Gasteiger partial charge in [-0.05, 0) is 39.8 Å². The Kier molecular flexibility index (Phi) is 4.60. The summed E-state index contributed by atoms with van der Waals surface area (Å²) in [6, 6.07) is 0.0330. The van der Waals surface area contributed by atoms with Crippen LogP contribution in [0.15, 0.2) is 12.4 Å². The van der Waals surface area contributed by atoms with Crippen molar-refractivity contribution in [3.8, 4) is 0 Å². The van der Waals surface area contributed by atoms with E-state index in [-0.39, 0.29) is 11.6 Å². The molecule has 1 unspecified atom stereocenters. The van der Waals surface area contributed by atoms with Gasteiger partial charge in [-0.2, -0.15) is 0 Å². The van der Waals surface area contributed by atoms with E-state index in [0.29, 0.717) is 0 Å². The average molecular weight is 265 g/mol. The van der Waals surface area contributed by atoms with Crippen LogP contribution < -0.4 is 11.3 Å². The highest BCUT2D eigenvalue weighted by Gasteiger charge is 2.37. The van der Waals surface area contributed by atoms with Crippen molar-refractivity contribution in [1.29, 1.82) is 0 Å². The molecule has 1 atom stereocenters. The number of nitrogens with zero attached hydrogens (tertiary/aromatic N) is 3. The Bertz CT molecular complexity index is 390. The van der Waals surface area contributed by atoms with E-state index in [4.69, 9.17) is 5.84 Å². The van der Waals surface area contributed by atoms with Crippen molar-refractivity contribution in [3.05, 3.63) is 18.2 Å². The summed E-state index contributed by atoms with van der Waals surface area (Å²) in [5.74, 6) is 6.83. The van der Waals surface area contributed by atoms with Gasteiger partial charge in [-0.15, -0.1) is 0 Å². The van der Waals surface area contributed by atoms with E-state index < -0.39 is 0 Å². The number of hydrogen-bond acceptors (Lipinski definition) is 4. The van der Waals surface area contributed by atoms with Gasteiger partial charge in [0.05, 0.1) is 6.04 Å². The van der Waals surface area contributed by atoms with Gasteiger partial charge in [0.1, 0.15) is 5.82 Å². The Morgan fingerprint density at radius 2 is 1.89 bits per heavy atom. The first-order valence-electron chi connectivity index (χ1n) is 7.25. The van der Waals surface area contributed by atoms with Gasteiger partial charge in [-0.3, -0.25) is 10.7 Å². The molecule has 1 aliphatic rings. The molecular weight excluding hydrogens is 238 g/mol. The van der Waals surface area contributed by atoms with Gasteiger partial charge in [0.25, 0.3) is 0 Å². The van der Waals surface area contributed by atoms with Crippen LogP contribution in [0.25, 0.3) is 0 Å². The maximum absolute atomic E-state index is 5.83. The maximum atomic E-state index is 5.83. The van der Waals surface area contributed by atoms with Crippen molar-refractivity contribution >= 4 is 0 Å². The Balaban J connectivity index is 2.22. The van der Waals surface area contributed by atoms with Crippen molar-refractivity contribution < 1.29 is 0 Å². The molecule has 1 fully saturated rings. The highest BCUT2D eigenvalue weighted by atomic mass is 15.3. The second-order valence-corrected chi connectivity index (χ2v) is 6.05. The van der Waals surface area contributed by atoms with Crippen molar-refractivity contribution in [2.45, 2.75) is 51.1 Å². The normalized spacial score (nSPS) is 20.2. The zero-order valence-corrected chi connectivity index (χ0v) is 12.4. The van der Waals surface area contributed by atoms with Gasteiger partial charge in [0.15, 0.2) is 0 Å². The summed E-state index contributed by atoms with van der Waals surface area (Å²) < 4.78 is 2.05. The van der Waals surface area contributed by atoms with E-state index in [1.807, 2.05) is 24.0 Å². The number of hydrazine groups is 1. The molecule has 3 N–H and O–H groups in total. The smallest absolute Gasteiger partial charge is 0.128 e. The van der Waals surface area contributed by atoms with Gasteiger partial charge in [-0.1, -0.05) is 12.8 Å². The van der Waals surface area contributed by atoms with Crippen LogP contribution in [0.2, 0.25) is 0 Å². The van der Waals surface area contributed by atoms with Crippen LogP contribution >= 0.6 is 0 Å². The minimum atomic E-state index is -0.0434. The molecule has 1 aliphatic heterocycles. The van der Waals surface area contributed by atoms with Crippen molar-refractivity contribution in [3.63, 3.8) is 0 Å². The quantitative estimate of drug-likeness (QED) is 0.641. The molecule has 5 nitrogen and oxygen atoms in total. The van der Waals surface area contributed by atoms with Crippen LogP contribution in [0.4, 0.5) is 0 Å². The standard InChI is InChI=1S/C14H27N5/c1-14(2,19-9-6-4-5-7-10-19)12(17-15)13-16-8-11-18(13)3/h8,11-12,17H,4-7,9-10,15H2,1-3H3. The van der Waals surface area contributed by atoms with Crippen LogP contribution in [0, 0.1) is 0 Å². The minimum Gasteiger partial charge on any atom is -0.337 e. The van der Waals surface area contributed by atoms with E-state index in [0.717, 1.165) is 18.9 Å². The molecule has 0 amide bonds. The van der Waals surface area contributed by atoms with Gasteiger partial charge < -0.3 is 4.57 Å². The van der Waals surface area contributed by atoms with E-state index in [2.05, 4.69) is 29.2 Å². The molecule has 5 heteroatoms. The number of hydrogen-bond donors (Lipinski definition) is 2. The second kappa shape index (κ2) is 6.03. The number of imidazole rings is 1. The van der Waals surface area contributed by atoms with Crippen molar-refractivity contribution in [1.82, 2.24) is 19.9 Å². The van der Waals surface area contributed by atoms with Crippen LogP contribution in [-0.2, 0) is 7.05 Å². The molecule has 0 saturated carbocycles. The molecule has 1 aromatic heterocycles. The molecule has 2 heterocycles. The predicted molar refractivity (Wildman–Crippen MR) is 77.4 cm³/mol. The summed E-state index contributed by atoms with van der Waals surface area (Å²) in [5.41, 5.74) is 2.93. The Labute approximate surface area is 116 Å². The van der Waals surface area contributed by atoms with E-state index >= 15 is 0 Å². The molecule has 0 aromatic carbocycles. The molecule has 0 bridgehead atoms. The molecule has 0 aliphatic carbocycles. The first kappa shape index (κ1) is 14.5. The molecule has 0 spiro atoms. The molecule has 108 valence electrons. The molecular formula is C14H27N5. The van der Waals surface area contributed by atoms with Crippen LogP contribution in [0.5, 0.6) is 0 Å². The van der Waals surface area contributed by atoms with E-state index in [9.17, 15) is 0 Å². The number of nitrogens with one attached hydrogen (secondary N) is 1. The third-order valence-corrected chi connectivity index (χ3v) is 4.41. The highest BCUT2D eigenvalue weighted by molar-refractivity contribution is 5.07. The lowest BCUT2D eigenvalue weighted by molar-refractivity contribution is 0.0790.